The molecule has 0 unspecified atom stereocenters. The molecule has 1 heterocycles. The van der Waals surface area contributed by atoms with Crippen LogP contribution in [0.3, 0.4) is 0 Å². The van der Waals surface area contributed by atoms with Gasteiger partial charge in [-0.25, -0.2) is 0 Å². The summed E-state index contributed by atoms with van der Waals surface area (Å²) < 4.78 is 0. The van der Waals surface area contributed by atoms with Gasteiger partial charge in [0.15, 0.2) is 0 Å². The first-order valence-corrected chi connectivity index (χ1v) is 6.67. The van der Waals surface area contributed by atoms with E-state index >= 15 is 0 Å². The maximum Gasteiger partial charge on any atom is 0.266 e. The fourth-order valence-electron chi connectivity index (χ4n) is 1.69. The largest absolute Gasteiger partial charge is 0.508 e. The Kier molecular flexibility index (Phi) is 3.67. The van der Waals surface area contributed by atoms with Gasteiger partial charge < -0.3 is 10.4 Å². The van der Waals surface area contributed by atoms with E-state index in [2.05, 4.69) is 5.32 Å². The van der Waals surface area contributed by atoms with Crippen molar-refractivity contribution in [3.8, 4) is 5.75 Å². The van der Waals surface area contributed by atoms with Crippen LogP contribution in [0.5, 0.6) is 5.75 Å². The van der Waals surface area contributed by atoms with Gasteiger partial charge in [-0.3, -0.25) is 4.79 Å². The van der Waals surface area contributed by atoms with Crippen LogP contribution < -0.4 is 5.32 Å². The van der Waals surface area contributed by atoms with E-state index in [4.69, 9.17) is 0 Å². The Morgan fingerprint density at radius 1 is 1.39 bits per heavy atom. The van der Waals surface area contributed by atoms with E-state index in [0.717, 1.165) is 22.4 Å². The Labute approximate surface area is 110 Å². The molecule has 0 saturated heterocycles. The lowest BCUT2D eigenvalue weighted by Gasteiger charge is -2.07. The summed E-state index contributed by atoms with van der Waals surface area (Å²) in [6, 6.07) is 7.09. The minimum atomic E-state index is -0.120. The molecule has 0 aliphatic carbocycles. The van der Waals surface area contributed by atoms with Crippen molar-refractivity contribution in [1.29, 1.82) is 0 Å². The smallest absolute Gasteiger partial charge is 0.266 e. The van der Waals surface area contributed by atoms with Gasteiger partial charge in [0, 0.05) is 11.8 Å². The molecule has 0 atom stereocenters. The lowest BCUT2D eigenvalue weighted by atomic mass is 10.2. The van der Waals surface area contributed by atoms with Crippen molar-refractivity contribution in [2.75, 3.05) is 5.32 Å². The van der Waals surface area contributed by atoms with Gasteiger partial charge in [-0.2, -0.15) is 0 Å². The van der Waals surface area contributed by atoms with Crippen molar-refractivity contribution >= 4 is 22.9 Å². The van der Waals surface area contributed by atoms with Crippen LogP contribution in [-0.4, -0.2) is 11.0 Å². The molecule has 0 spiro atoms. The van der Waals surface area contributed by atoms with Gasteiger partial charge in [-0.05, 0) is 42.0 Å². The second kappa shape index (κ2) is 5.23. The molecule has 0 saturated carbocycles. The zero-order valence-corrected chi connectivity index (χ0v) is 11.2. The van der Waals surface area contributed by atoms with Crippen molar-refractivity contribution in [3.63, 3.8) is 0 Å². The fraction of sp³-hybridized carbons (Fsp3) is 0.214. The molecule has 0 radical (unpaired) electrons. The minimum Gasteiger partial charge on any atom is -0.508 e. The zero-order chi connectivity index (χ0) is 13.1. The first-order chi connectivity index (χ1) is 8.61. The Morgan fingerprint density at radius 2 is 2.17 bits per heavy atom. The van der Waals surface area contributed by atoms with E-state index in [9.17, 15) is 9.90 Å². The molecular formula is C14H15NO2S. The number of aromatic hydroxyl groups is 1. The van der Waals surface area contributed by atoms with Gasteiger partial charge in [0.25, 0.3) is 5.91 Å². The number of carbonyl (C=O) groups is 1. The van der Waals surface area contributed by atoms with E-state index in [1.165, 1.54) is 11.3 Å². The molecule has 0 aliphatic rings. The summed E-state index contributed by atoms with van der Waals surface area (Å²) >= 11 is 1.43. The van der Waals surface area contributed by atoms with Crippen LogP contribution in [0.1, 0.15) is 27.7 Å². The Balaban J connectivity index is 2.19. The lowest BCUT2D eigenvalue weighted by Crippen LogP contribution is -2.11. The summed E-state index contributed by atoms with van der Waals surface area (Å²) in [5.41, 5.74) is 2.45. The van der Waals surface area contributed by atoms with Crippen LogP contribution >= 0.6 is 11.3 Å². The van der Waals surface area contributed by atoms with E-state index < -0.39 is 0 Å². The second-order valence-corrected chi connectivity index (χ2v) is 5.00. The molecular weight excluding hydrogens is 246 g/mol. The van der Waals surface area contributed by atoms with Gasteiger partial charge in [0.05, 0.1) is 4.88 Å². The molecule has 0 fully saturated rings. The number of aryl methyl sites for hydroxylation is 2. The summed E-state index contributed by atoms with van der Waals surface area (Å²) in [6.45, 7) is 3.84. The zero-order valence-electron chi connectivity index (χ0n) is 10.4. The van der Waals surface area contributed by atoms with Crippen LogP contribution in [0.2, 0.25) is 0 Å². The van der Waals surface area contributed by atoms with Gasteiger partial charge in [0.2, 0.25) is 0 Å². The highest BCUT2D eigenvalue weighted by molar-refractivity contribution is 7.12. The SMILES string of the molecule is CCc1ccsc1C(=O)Nc1ccc(C)c(O)c1. The molecule has 2 rings (SSSR count). The van der Waals surface area contributed by atoms with Crippen LogP contribution in [-0.2, 0) is 6.42 Å². The highest BCUT2D eigenvalue weighted by Gasteiger charge is 2.12. The Morgan fingerprint density at radius 3 is 2.83 bits per heavy atom. The quantitative estimate of drug-likeness (QED) is 0.887. The van der Waals surface area contributed by atoms with E-state index in [1.807, 2.05) is 25.3 Å². The molecule has 2 N–H and O–H groups in total. The molecule has 4 heteroatoms. The number of phenolic OH excluding ortho intramolecular Hbond substituents is 1. The average Bonchev–Trinajstić information content (AvgIpc) is 2.82. The maximum absolute atomic E-state index is 12.1. The number of rotatable bonds is 3. The maximum atomic E-state index is 12.1. The summed E-state index contributed by atoms with van der Waals surface area (Å²) in [5, 5.41) is 14.3. The van der Waals surface area contributed by atoms with Crippen molar-refractivity contribution in [2.24, 2.45) is 0 Å². The predicted octanol–water partition coefficient (Wildman–Crippen LogP) is 3.58. The van der Waals surface area contributed by atoms with Crippen LogP contribution in [0, 0.1) is 6.92 Å². The summed E-state index contributed by atoms with van der Waals surface area (Å²) in [4.78, 5) is 12.8. The third kappa shape index (κ3) is 2.54. The Bertz CT molecular complexity index is 575. The number of thiophene rings is 1. The summed E-state index contributed by atoms with van der Waals surface area (Å²) in [7, 11) is 0. The molecule has 3 nitrogen and oxygen atoms in total. The standard InChI is InChI=1S/C14H15NO2S/c1-3-10-6-7-18-13(10)14(17)15-11-5-4-9(2)12(16)8-11/h4-8,16H,3H2,1-2H3,(H,15,17). The fourth-order valence-corrected chi connectivity index (χ4v) is 2.58. The monoisotopic (exact) mass is 261 g/mol. The lowest BCUT2D eigenvalue weighted by molar-refractivity contribution is 0.103. The van der Waals surface area contributed by atoms with E-state index in [0.29, 0.717) is 5.69 Å². The minimum absolute atomic E-state index is 0.120. The van der Waals surface area contributed by atoms with Crippen LogP contribution in [0.4, 0.5) is 5.69 Å². The van der Waals surface area contributed by atoms with Crippen molar-refractivity contribution in [2.45, 2.75) is 20.3 Å². The topological polar surface area (TPSA) is 49.3 Å². The number of hydrogen-bond donors (Lipinski definition) is 2. The number of amides is 1. The number of hydrogen-bond acceptors (Lipinski definition) is 3. The van der Waals surface area contributed by atoms with Gasteiger partial charge in [0.1, 0.15) is 5.75 Å². The van der Waals surface area contributed by atoms with Gasteiger partial charge in [-0.15, -0.1) is 11.3 Å². The molecule has 1 amide bonds. The average molecular weight is 261 g/mol. The highest BCUT2D eigenvalue weighted by Crippen LogP contribution is 2.23. The first kappa shape index (κ1) is 12.6. The molecule has 0 bridgehead atoms. The summed E-state index contributed by atoms with van der Waals surface area (Å²) in [6.07, 6.45) is 0.839. The molecule has 94 valence electrons. The molecule has 2 aromatic rings. The van der Waals surface area contributed by atoms with Crippen molar-refractivity contribution in [1.82, 2.24) is 0 Å². The second-order valence-electron chi connectivity index (χ2n) is 4.08. The Hall–Kier alpha value is -1.81. The molecule has 18 heavy (non-hydrogen) atoms. The first-order valence-electron chi connectivity index (χ1n) is 5.79. The normalized spacial score (nSPS) is 10.3. The van der Waals surface area contributed by atoms with E-state index in [1.54, 1.807) is 18.2 Å². The van der Waals surface area contributed by atoms with Gasteiger partial charge >= 0.3 is 0 Å². The molecule has 1 aromatic carbocycles. The van der Waals surface area contributed by atoms with Crippen LogP contribution in [0.15, 0.2) is 29.6 Å². The number of carbonyl (C=O) groups excluding carboxylic acids is 1. The van der Waals surface area contributed by atoms with Crippen LogP contribution in [0.25, 0.3) is 0 Å². The third-order valence-electron chi connectivity index (χ3n) is 2.80. The highest BCUT2D eigenvalue weighted by atomic mass is 32.1. The predicted molar refractivity (Wildman–Crippen MR) is 74.5 cm³/mol. The van der Waals surface area contributed by atoms with Crippen molar-refractivity contribution < 1.29 is 9.90 Å². The van der Waals surface area contributed by atoms with E-state index in [-0.39, 0.29) is 11.7 Å². The number of phenols is 1. The number of nitrogens with one attached hydrogen (secondary N) is 1. The van der Waals surface area contributed by atoms with Gasteiger partial charge in [-0.1, -0.05) is 13.0 Å². The number of anilines is 1. The third-order valence-corrected chi connectivity index (χ3v) is 3.76. The molecule has 1 aromatic heterocycles. The molecule has 0 aliphatic heterocycles. The van der Waals surface area contributed by atoms with Crippen molar-refractivity contribution in [3.05, 3.63) is 45.6 Å². The number of benzene rings is 1. The summed E-state index contributed by atoms with van der Waals surface area (Å²) in [5.74, 6) is 0.0693.